The van der Waals surface area contributed by atoms with Crippen LogP contribution in [-0.4, -0.2) is 14.2 Å². The van der Waals surface area contributed by atoms with E-state index in [0.29, 0.717) is 0 Å². The lowest BCUT2D eigenvalue weighted by molar-refractivity contribution is 0.448. The largest absolute Gasteiger partial charge is 0.494 e. The number of aromatic hydroxyl groups is 1. The molecule has 2 aromatic heterocycles. The molecule has 104 valence electrons. The monoisotopic (exact) mass is 340 g/mol. The zero-order valence-electron chi connectivity index (χ0n) is 11.4. The molecule has 1 N–H and O–H groups in total. The van der Waals surface area contributed by atoms with Gasteiger partial charge in [-0.05, 0) is 35.7 Å². The third kappa shape index (κ3) is 1.79. The Hall–Kier alpha value is -2.20. The van der Waals surface area contributed by atoms with Gasteiger partial charge in [0.25, 0.3) is 0 Å². The number of aryl methyl sites for hydroxylation is 1. The van der Waals surface area contributed by atoms with Gasteiger partial charge in [0.2, 0.25) is 5.88 Å². The summed E-state index contributed by atoms with van der Waals surface area (Å²) in [5, 5.41) is 13.5. The fraction of sp³-hybridized carbons (Fsp3) is 0.0588. The van der Waals surface area contributed by atoms with Gasteiger partial charge in [0.1, 0.15) is 0 Å². The number of aromatic nitrogens is 2. The van der Waals surface area contributed by atoms with Gasteiger partial charge >= 0.3 is 0 Å². The standard InChI is InChI=1S/C17H13BrN2O/c1-19-8-7-11-5-6-12(9-16(11)19)20-10-14-13(17(20)21)3-2-4-15(14)18/h2-10,21H,1H3. The highest BCUT2D eigenvalue weighted by atomic mass is 79.9. The van der Waals surface area contributed by atoms with Crippen molar-refractivity contribution in [3.8, 4) is 11.6 Å². The Morgan fingerprint density at radius 3 is 2.71 bits per heavy atom. The van der Waals surface area contributed by atoms with Gasteiger partial charge < -0.3 is 9.67 Å². The van der Waals surface area contributed by atoms with E-state index in [4.69, 9.17) is 0 Å². The van der Waals surface area contributed by atoms with E-state index in [1.165, 1.54) is 5.39 Å². The molecule has 0 unspecified atom stereocenters. The van der Waals surface area contributed by atoms with Crippen LogP contribution in [0, 0.1) is 0 Å². The summed E-state index contributed by atoms with van der Waals surface area (Å²) in [6, 6.07) is 14.1. The van der Waals surface area contributed by atoms with Crippen molar-refractivity contribution in [1.29, 1.82) is 0 Å². The maximum Gasteiger partial charge on any atom is 0.203 e. The van der Waals surface area contributed by atoms with Crippen LogP contribution in [0.3, 0.4) is 0 Å². The molecule has 0 aliphatic heterocycles. The first-order valence-corrected chi connectivity index (χ1v) is 7.48. The van der Waals surface area contributed by atoms with Crippen LogP contribution in [0.2, 0.25) is 0 Å². The lowest BCUT2D eigenvalue weighted by atomic mass is 10.2. The molecule has 3 nitrogen and oxygen atoms in total. The van der Waals surface area contributed by atoms with E-state index in [-0.39, 0.29) is 5.88 Å². The Labute approximate surface area is 130 Å². The Kier molecular flexibility index (Phi) is 2.62. The average molecular weight is 341 g/mol. The second-order valence-corrected chi connectivity index (χ2v) is 6.05. The first-order valence-electron chi connectivity index (χ1n) is 6.69. The maximum absolute atomic E-state index is 10.5. The summed E-state index contributed by atoms with van der Waals surface area (Å²) in [7, 11) is 2.02. The van der Waals surface area contributed by atoms with Gasteiger partial charge in [-0.15, -0.1) is 0 Å². The van der Waals surface area contributed by atoms with Crippen molar-refractivity contribution in [3.05, 3.63) is 59.3 Å². The summed E-state index contributed by atoms with van der Waals surface area (Å²) in [6.45, 7) is 0. The van der Waals surface area contributed by atoms with Gasteiger partial charge in [-0.1, -0.05) is 28.1 Å². The third-order valence-corrected chi connectivity index (χ3v) is 4.62. The highest BCUT2D eigenvalue weighted by Gasteiger charge is 2.12. The van der Waals surface area contributed by atoms with Crippen molar-refractivity contribution in [1.82, 2.24) is 9.13 Å². The fourth-order valence-corrected chi connectivity index (χ4v) is 3.25. The molecule has 0 saturated heterocycles. The molecule has 0 aliphatic carbocycles. The van der Waals surface area contributed by atoms with Gasteiger partial charge in [0, 0.05) is 40.2 Å². The molecule has 4 heteroatoms. The van der Waals surface area contributed by atoms with E-state index >= 15 is 0 Å². The Morgan fingerprint density at radius 2 is 1.90 bits per heavy atom. The molecule has 0 spiro atoms. The SMILES string of the molecule is Cn1ccc2ccc(-n3cc4c(Br)cccc4c3O)cc21. The summed E-state index contributed by atoms with van der Waals surface area (Å²) in [5.74, 6) is 0.264. The van der Waals surface area contributed by atoms with Crippen LogP contribution in [0.5, 0.6) is 5.88 Å². The number of rotatable bonds is 1. The second-order valence-electron chi connectivity index (χ2n) is 5.19. The Bertz CT molecular complexity index is 981. The van der Waals surface area contributed by atoms with Crippen LogP contribution < -0.4 is 0 Å². The summed E-state index contributed by atoms with van der Waals surface area (Å²) in [6.07, 6.45) is 4.00. The van der Waals surface area contributed by atoms with Gasteiger partial charge in [0.15, 0.2) is 0 Å². The number of hydrogen-bond acceptors (Lipinski definition) is 1. The molecular weight excluding hydrogens is 328 g/mol. The highest BCUT2D eigenvalue weighted by Crippen LogP contribution is 2.34. The Balaban J connectivity index is 2.01. The molecule has 0 saturated carbocycles. The van der Waals surface area contributed by atoms with E-state index in [2.05, 4.69) is 38.7 Å². The molecule has 0 aliphatic rings. The molecule has 2 aromatic carbocycles. The number of halogens is 1. The molecule has 0 atom stereocenters. The van der Waals surface area contributed by atoms with E-state index in [1.807, 2.05) is 48.3 Å². The molecular formula is C17H13BrN2O. The minimum Gasteiger partial charge on any atom is -0.494 e. The first kappa shape index (κ1) is 12.5. The first-order chi connectivity index (χ1) is 10.1. The van der Waals surface area contributed by atoms with Gasteiger partial charge in [-0.2, -0.15) is 0 Å². The van der Waals surface area contributed by atoms with Crippen molar-refractivity contribution in [2.24, 2.45) is 7.05 Å². The topological polar surface area (TPSA) is 30.1 Å². The van der Waals surface area contributed by atoms with E-state index in [9.17, 15) is 5.11 Å². The molecule has 2 heterocycles. The van der Waals surface area contributed by atoms with Crippen LogP contribution in [0.1, 0.15) is 0 Å². The minimum absolute atomic E-state index is 0.264. The molecule has 4 aromatic rings. The summed E-state index contributed by atoms with van der Waals surface area (Å²) in [4.78, 5) is 0. The minimum atomic E-state index is 0.264. The zero-order chi connectivity index (χ0) is 14.6. The number of hydrogen-bond donors (Lipinski definition) is 1. The van der Waals surface area contributed by atoms with Crippen LogP contribution in [0.4, 0.5) is 0 Å². The number of fused-ring (bicyclic) bond motifs is 2. The summed E-state index contributed by atoms with van der Waals surface area (Å²) in [5.41, 5.74) is 2.09. The summed E-state index contributed by atoms with van der Waals surface area (Å²) >= 11 is 3.53. The van der Waals surface area contributed by atoms with Gasteiger partial charge in [-0.3, -0.25) is 4.57 Å². The van der Waals surface area contributed by atoms with Crippen LogP contribution in [0.15, 0.2) is 59.3 Å². The van der Waals surface area contributed by atoms with E-state index in [1.54, 1.807) is 0 Å². The highest BCUT2D eigenvalue weighted by molar-refractivity contribution is 9.10. The van der Waals surface area contributed by atoms with Crippen LogP contribution in [0.25, 0.3) is 27.4 Å². The maximum atomic E-state index is 10.5. The zero-order valence-corrected chi connectivity index (χ0v) is 13.0. The van der Waals surface area contributed by atoms with Crippen molar-refractivity contribution in [2.45, 2.75) is 0 Å². The molecule has 0 bridgehead atoms. The molecule has 4 rings (SSSR count). The molecule has 0 amide bonds. The Morgan fingerprint density at radius 1 is 1.05 bits per heavy atom. The van der Waals surface area contributed by atoms with E-state index < -0.39 is 0 Å². The van der Waals surface area contributed by atoms with Gasteiger partial charge in [-0.25, -0.2) is 0 Å². The lowest BCUT2D eigenvalue weighted by Crippen LogP contribution is -1.92. The summed E-state index contributed by atoms with van der Waals surface area (Å²) < 4.78 is 4.88. The van der Waals surface area contributed by atoms with Crippen molar-refractivity contribution < 1.29 is 5.11 Å². The predicted octanol–water partition coefficient (Wildman–Crippen LogP) is 4.59. The van der Waals surface area contributed by atoms with Crippen LogP contribution >= 0.6 is 15.9 Å². The van der Waals surface area contributed by atoms with Crippen molar-refractivity contribution in [2.75, 3.05) is 0 Å². The molecule has 0 fully saturated rings. The van der Waals surface area contributed by atoms with Crippen molar-refractivity contribution in [3.63, 3.8) is 0 Å². The fourth-order valence-electron chi connectivity index (χ4n) is 2.78. The normalized spacial score (nSPS) is 11.5. The quantitative estimate of drug-likeness (QED) is 0.539. The van der Waals surface area contributed by atoms with Crippen molar-refractivity contribution >= 4 is 37.6 Å². The number of nitrogens with zero attached hydrogens (tertiary/aromatic N) is 2. The smallest absolute Gasteiger partial charge is 0.203 e. The second kappa shape index (κ2) is 4.40. The van der Waals surface area contributed by atoms with Gasteiger partial charge in [0.05, 0.1) is 5.69 Å². The lowest BCUT2D eigenvalue weighted by Gasteiger charge is -2.06. The molecule has 21 heavy (non-hydrogen) atoms. The molecule has 0 radical (unpaired) electrons. The third-order valence-electron chi connectivity index (χ3n) is 3.93. The van der Waals surface area contributed by atoms with Crippen LogP contribution in [-0.2, 0) is 7.05 Å². The van der Waals surface area contributed by atoms with E-state index in [0.717, 1.165) is 26.4 Å². The average Bonchev–Trinajstić information content (AvgIpc) is 3.02. The predicted molar refractivity (Wildman–Crippen MR) is 89.1 cm³/mol. The number of benzene rings is 2.